The minimum Gasteiger partial charge on any atom is -0.383 e. The lowest BCUT2D eigenvalue weighted by atomic mass is 10.1. The van der Waals surface area contributed by atoms with Gasteiger partial charge in [-0.3, -0.25) is 4.98 Å². The summed E-state index contributed by atoms with van der Waals surface area (Å²) in [5.74, 6) is 0. The van der Waals surface area contributed by atoms with Crippen LogP contribution in [-0.2, 0) is 0 Å². The van der Waals surface area contributed by atoms with E-state index in [9.17, 15) is 0 Å². The van der Waals surface area contributed by atoms with Crippen LogP contribution in [-0.4, -0.2) is 4.98 Å². The predicted molar refractivity (Wildman–Crippen MR) is 55.2 cm³/mol. The van der Waals surface area contributed by atoms with Crippen molar-refractivity contribution >= 4 is 0 Å². The molecular weight excluding hydrogens is 160 g/mol. The van der Waals surface area contributed by atoms with Crippen LogP contribution >= 0.6 is 0 Å². The molecule has 0 aliphatic carbocycles. The molecule has 1 rings (SSSR count). The number of aromatic nitrogens is 1. The van der Waals surface area contributed by atoms with Crippen LogP contribution in [0.1, 0.15) is 31.5 Å². The Kier molecular flexibility index (Phi) is 4.03. The van der Waals surface area contributed by atoms with Crippen LogP contribution < -0.4 is 5.32 Å². The van der Waals surface area contributed by atoms with E-state index in [2.05, 4.69) is 23.8 Å². The van der Waals surface area contributed by atoms with Crippen molar-refractivity contribution in [3.63, 3.8) is 0 Å². The van der Waals surface area contributed by atoms with E-state index in [-0.39, 0.29) is 0 Å². The third-order valence-corrected chi connectivity index (χ3v) is 1.94. The summed E-state index contributed by atoms with van der Waals surface area (Å²) in [4.78, 5) is 4.31. The zero-order valence-corrected chi connectivity index (χ0v) is 8.03. The van der Waals surface area contributed by atoms with Gasteiger partial charge in [0.05, 0.1) is 11.7 Å². The molecule has 0 bridgehead atoms. The molecule has 0 fully saturated rings. The highest BCUT2D eigenvalue weighted by Crippen LogP contribution is 2.15. The fourth-order valence-corrected chi connectivity index (χ4v) is 1.33. The van der Waals surface area contributed by atoms with Gasteiger partial charge in [0.1, 0.15) is 0 Å². The lowest BCUT2D eigenvalue weighted by molar-refractivity contribution is 0.549. The monoisotopic (exact) mass is 176 g/mol. The Hall–Kier alpha value is -1.31. The van der Waals surface area contributed by atoms with Gasteiger partial charge in [0.2, 0.25) is 0 Å². The van der Waals surface area contributed by atoms with Gasteiger partial charge >= 0.3 is 0 Å². The highest BCUT2D eigenvalue weighted by Gasteiger charge is 2.07. The summed E-state index contributed by atoms with van der Waals surface area (Å²) in [6, 6.07) is 6.29. The first-order valence-corrected chi connectivity index (χ1v) is 4.66. The average molecular weight is 176 g/mol. The van der Waals surface area contributed by atoms with E-state index in [0.717, 1.165) is 18.5 Å². The maximum absolute atomic E-state index is 4.31. The largest absolute Gasteiger partial charge is 0.383 e. The van der Waals surface area contributed by atoms with Crippen LogP contribution in [0.2, 0.25) is 0 Å². The third-order valence-electron chi connectivity index (χ3n) is 1.94. The summed E-state index contributed by atoms with van der Waals surface area (Å²) >= 11 is 0. The topological polar surface area (TPSA) is 24.9 Å². The Labute approximate surface area is 79.7 Å². The molecule has 1 atom stereocenters. The van der Waals surface area contributed by atoms with Crippen molar-refractivity contribution in [1.29, 1.82) is 0 Å². The smallest absolute Gasteiger partial charge is 0.0679 e. The summed E-state index contributed by atoms with van der Waals surface area (Å²) in [5, 5.41) is 3.20. The first-order chi connectivity index (χ1) is 6.38. The summed E-state index contributed by atoms with van der Waals surface area (Å²) in [5.41, 5.74) is 1.09. The molecular formula is C11H16N2. The molecule has 0 radical (unpaired) electrons. The van der Waals surface area contributed by atoms with Gasteiger partial charge in [-0.2, -0.15) is 0 Å². The van der Waals surface area contributed by atoms with Gasteiger partial charge in [0, 0.05) is 6.20 Å². The van der Waals surface area contributed by atoms with Gasteiger partial charge < -0.3 is 5.32 Å². The Morgan fingerprint density at radius 3 is 3.00 bits per heavy atom. The summed E-state index contributed by atoms with van der Waals surface area (Å²) in [6.07, 6.45) is 5.78. The molecule has 13 heavy (non-hydrogen) atoms. The lowest BCUT2D eigenvalue weighted by Gasteiger charge is -2.15. The molecule has 0 aliphatic heterocycles. The fourth-order valence-electron chi connectivity index (χ4n) is 1.33. The second-order valence-electron chi connectivity index (χ2n) is 2.97. The van der Waals surface area contributed by atoms with Crippen LogP contribution in [0, 0.1) is 0 Å². The Morgan fingerprint density at radius 1 is 1.62 bits per heavy atom. The van der Waals surface area contributed by atoms with Gasteiger partial charge in [-0.1, -0.05) is 26.0 Å². The van der Waals surface area contributed by atoms with Crippen molar-refractivity contribution in [3.05, 3.63) is 42.9 Å². The van der Waals surface area contributed by atoms with E-state index >= 15 is 0 Å². The molecule has 2 nitrogen and oxygen atoms in total. The van der Waals surface area contributed by atoms with Gasteiger partial charge in [0.15, 0.2) is 0 Å². The predicted octanol–water partition coefficient (Wildman–Crippen LogP) is 2.66. The fraction of sp³-hybridized carbons (Fsp3) is 0.364. The van der Waals surface area contributed by atoms with Crippen LogP contribution in [0.4, 0.5) is 0 Å². The normalized spacial score (nSPS) is 12.1. The Bertz CT molecular complexity index is 244. The molecule has 0 spiro atoms. The number of pyridine rings is 1. The molecule has 0 saturated carbocycles. The minimum atomic E-state index is 0.309. The third kappa shape index (κ3) is 2.90. The number of rotatable bonds is 5. The van der Waals surface area contributed by atoms with E-state index < -0.39 is 0 Å². The molecule has 1 aromatic heterocycles. The molecule has 0 aromatic carbocycles. The van der Waals surface area contributed by atoms with Gasteiger partial charge in [-0.05, 0) is 24.8 Å². The number of nitrogens with zero attached hydrogens (tertiary/aromatic N) is 1. The Balaban J connectivity index is 2.69. The van der Waals surface area contributed by atoms with Gasteiger partial charge in [-0.25, -0.2) is 0 Å². The maximum Gasteiger partial charge on any atom is 0.0679 e. The number of hydrogen-bond donors (Lipinski definition) is 1. The van der Waals surface area contributed by atoms with Crippen LogP contribution in [0.5, 0.6) is 0 Å². The zero-order chi connectivity index (χ0) is 9.52. The highest BCUT2D eigenvalue weighted by molar-refractivity contribution is 5.09. The molecule has 0 saturated heterocycles. The van der Waals surface area contributed by atoms with Crippen molar-refractivity contribution in [2.24, 2.45) is 0 Å². The Morgan fingerprint density at radius 2 is 2.46 bits per heavy atom. The number of hydrogen-bond acceptors (Lipinski definition) is 2. The van der Waals surface area contributed by atoms with E-state index in [1.54, 1.807) is 6.20 Å². The summed E-state index contributed by atoms with van der Waals surface area (Å²) < 4.78 is 0. The molecule has 1 unspecified atom stereocenters. The van der Waals surface area contributed by atoms with Crippen LogP contribution in [0.25, 0.3) is 0 Å². The maximum atomic E-state index is 4.31. The molecule has 0 aliphatic rings. The first kappa shape index (κ1) is 9.78. The zero-order valence-electron chi connectivity index (χ0n) is 8.03. The molecule has 2 heteroatoms. The minimum absolute atomic E-state index is 0.309. The van der Waals surface area contributed by atoms with Crippen molar-refractivity contribution in [3.8, 4) is 0 Å². The van der Waals surface area contributed by atoms with E-state index in [1.807, 2.05) is 24.4 Å². The lowest BCUT2D eigenvalue weighted by Crippen LogP contribution is -2.15. The van der Waals surface area contributed by atoms with Crippen molar-refractivity contribution in [2.45, 2.75) is 25.8 Å². The van der Waals surface area contributed by atoms with E-state index in [1.165, 1.54) is 0 Å². The SMILES string of the molecule is C=CNC(CCC)c1ccccn1. The van der Waals surface area contributed by atoms with Gasteiger partial charge in [0.25, 0.3) is 0 Å². The molecule has 1 aromatic rings. The van der Waals surface area contributed by atoms with Crippen LogP contribution in [0.3, 0.4) is 0 Å². The second kappa shape index (κ2) is 5.36. The molecule has 70 valence electrons. The summed E-state index contributed by atoms with van der Waals surface area (Å²) in [7, 11) is 0. The number of nitrogens with one attached hydrogen (secondary N) is 1. The molecule has 0 amide bonds. The van der Waals surface area contributed by atoms with Crippen molar-refractivity contribution < 1.29 is 0 Å². The standard InChI is InChI=1S/C11H16N2/c1-3-7-10(12-4-2)11-8-5-6-9-13-11/h4-6,8-10,12H,2-3,7H2,1H3. The van der Waals surface area contributed by atoms with Crippen molar-refractivity contribution in [2.75, 3.05) is 0 Å². The average Bonchev–Trinajstić information content (AvgIpc) is 2.19. The quantitative estimate of drug-likeness (QED) is 0.746. The van der Waals surface area contributed by atoms with E-state index in [0.29, 0.717) is 6.04 Å². The highest BCUT2D eigenvalue weighted by atomic mass is 14.9. The second-order valence-corrected chi connectivity index (χ2v) is 2.97. The molecule has 1 N–H and O–H groups in total. The molecule has 1 heterocycles. The van der Waals surface area contributed by atoms with Crippen molar-refractivity contribution in [1.82, 2.24) is 10.3 Å². The summed E-state index contributed by atoms with van der Waals surface area (Å²) in [6.45, 7) is 5.84. The van der Waals surface area contributed by atoms with Gasteiger partial charge in [-0.15, -0.1) is 0 Å². The van der Waals surface area contributed by atoms with Crippen LogP contribution in [0.15, 0.2) is 37.2 Å². The van der Waals surface area contributed by atoms with E-state index in [4.69, 9.17) is 0 Å². The first-order valence-electron chi connectivity index (χ1n) is 4.66.